The average molecular weight is 203 g/mol. The summed E-state index contributed by atoms with van der Waals surface area (Å²) >= 11 is 0. The summed E-state index contributed by atoms with van der Waals surface area (Å²) < 4.78 is 5.22. The first kappa shape index (κ1) is 13.2. The van der Waals surface area contributed by atoms with Crippen molar-refractivity contribution < 1.29 is 9.94 Å². The van der Waals surface area contributed by atoms with Crippen LogP contribution in [0.4, 0.5) is 0 Å². The molecule has 0 aliphatic heterocycles. The number of hydrogen-bond acceptors (Lipinski definition) is 4. The van der Waals surface area contributed by atoms with Gasteiger partial charge in [0.25, 0.3) is 0 Å². The van der Waals surface area contributed by atoms with Gasteiger partial charge in [-0.25, -0.2) is 0 Å². The highest BCUT2D eigenvalue weighted by molar-refractivity contribution is 5.79. The minimum absolute atomic E-state index is 0.295. The summed E-state index contributed by atoms with van der Waals surface area (Å²) in [6, 6.07) is 0. The normalized spacial score (nSPS) is 12.4. The van der Waals surface area contributed by atoms with E-state index in [1.54, 1.807) is 0 Å². The standard InChI is InChI=1S/C9H21N3O2/c1-3-14-8-7-12(2)6-4-5-9(10)11-13/h13H,3-8H2,1-2H3,(H2,10,11). The fraction of sp³-hybridized carbons (Fsp3) is 0.889. The molecule has 0 aliphatic carbocycles. The van der Waals surface area contributed by atoms with Crippen molar-refractivity contribution in [3.05, 3.63) is 0 Å². The number of nitrogens with zero attached hydrogens (tertiary/aromatic N) is 2. The molecule has 0 bridgehead atoms. The van der Waals surface area contributed by atoms with Crippen molar-refractivity contribution in [2.75, 3.05) is 33.4 Å². The number of likely N-dealkylation sites (N-methyl/N-ethyl adjacent to an activating group) is 1. The highest BCUT2D eigenvalue weighted by atomic mass is 16.5. The third kappa shape index (κ3) is 7.82. The molecule has 0 heterocycles. The maximum absolute atomic E-state index is 8.30. The molecule has 3 N–H and O–H groups in total. The minimum Gasteiger partial charge on any atom is -0.409 e. The molecule has 0 fully saturated rings. The van der Waals surface area contributed by atoms with Crippen LogP contribution in [0.3, 0.4) is 0 Å². The highest BCUT2D eigenvalue weighted by Gasteiger charge is 1.99. The Balaban J connectivity index is 3.30. The Morgan fingerprint density at radius 1 is 1.50 bits per heavy atom. The topological polar surface area (TPSA) is 71.1 Å². The molecule has 5 nitrogen and oxygen atoms in total. The molecule has 0 amide bonds. The molecule has 0 saturated carbocycles. The SMILES string of the molecule is CCOCCN(C)CCCC(N)=NO. The van der Waals surface area contributed by atoms with Gasteiger partial charge < -0.3 is 20.6 Å². The van der Waals surface area contributed by atoms with Crippen molar-refractivity contribution in [3.63, 3.8) is 0 Å². The van der Waals surface area contributed by atoms with Crippen molar-refractivity contribution in [1.82, 2.24) is 4.90 Å². The van der Waals surface area contributed by atoms with E-state index in [1.807, 2.05) is 14.0 Å². The van der Waals surface area contributed by atoms with E-state index in [0.29, 0.717) is 12.3 Å². The smallest absolute Gasteiger partial charge is 0.139 e. The molecular formula is C9H21N3O2. The van der Waals surface area contributed by atoms with Crippen molar-refractivity contribution in [3.8, 4) is 0 Å². The molecule has 0 aliphatic rings. The van der Waals surface area contributed by atoms with Crippen LogP contribution in [0.15, 0.2) is 5.16 Å². The van der Waals surface area contributed by atoms with Crippen molar-refractivity contribution >= 4 is 5.84 Å². The predicted octanol–water partition coefficient (Wildman–Crippen LogP) is 0.481. The van der Waals surface area contributed by atoms with Crippen LogP contribution in [0.2, 0.25) is 0 Å². The lowest BCUT2D eigenvalue weighted by Gasteiger charge is -2.15. The first-order valence-electron chi connectivity index (χ1n) is 4.93. The minimum atomic E-state index is 0.295. The molecule has 14 heavy (non-hydrogen) atoms. The lowest BCUT2D eigenvalue weighted by Crippen LogP contribution is -2.25. The van der Waals surface area contributed by atoms with E-state index in [4.69, 9.17) is 15.7 Å². The zero-order valence-electron chi connectivity index (χ0n) is 9.07. The quantitative estimate of drug-likeness (QED) is 0.198. The fourth-order valence-electron chi connectivity index (χ4n) is 1.06. The van der Waals surface area contributed by atoms with Gasteiger partial charge in [0.1, 0.15) is 5.84 Å². The van der Waals surface area contributed by atoms with Gasteiger partial charge in [-0.15, -0.1) is 0 Å². The third-order valence-electron chi connectivity index (χ3n) is 1.92. The number of nitrogens with two attached hydrogens (primary N) is 1. The number of rotatable bonds is 8. The third-order valence-corrected chi connectivity index (χ3v) is 1.92. The molecule has 0 rings (SSSR count). The molecule has 0 spiro atoms. The zero-order chi connectivity index (χ0) is 10.8. The summed E-state index contributed by atoms with van der Waals surface area (Å²) in [5.41, 5.74) is 5.34. The second kappa shape index (κ2) is 8.77. The van der Waals surface area contributed by atoms with E-state index in [-0.39, 0.29) is 0 Å². The molecule has 0 aromatic heterocycles. The van der Waals surface area contributed by atoms with Crippen molar-refractivity contribution in [2.45, 2.75) is 19.8 Å². The molecule has 0 atom stereocenters. The van der Waals surface area contributed by atoms with Crippen LogP contribution < -0.4 is 5.73 Å². The van der Waals surface area contributed by atoms with Crippen LogP contribution >= 0.6 is 0 Å². The summed E-state index contributed by atoms with van der Waals surface area (Å²) in [6.07, 6.45) is 1.54. The van der Waals surface area contributed by atoms with E-state index < -0.39 is 0 Å². The lowest BCUT2D eigenvalue weighted by molar-refractivity contribution is 0.122. The van der Waals surface area contributed by atoms with Crippen LogP contribution in [0, 0.1) is 0 Å². The molecule has 0 aromatic carbocycles. The van der Waals surface area contributed by atoms with Crippen molar-refractivity contribution in [1.29, 1.82) is 0 Å². The zero-order valence-corrected chi connectivity index (χ0v) is 9.07. The van der Waals surface area contributed by atoms with Gasteiger partial charge in [-0.3, -0.25) is 0 Å². The Hall–Kier alpha value is -0.810. The molecule has 0 radical (unpaired) electrons. The summed E-state index contributed by atoms with van der Waals surface area (Å²) in [6.45, 7) is 5.36. The van der Waals surface area contributed by atoms with Gasteiger partial charge >= 0.3 is 0 Å². The molecule has 5 heteroatoms. The van der Waals surface area contributed by atoms with E-state index in [9.17, 15) is 0 Å². The largest absolute Gasteiger partial charge is 0.409 e. The van der Waals surface area contributed by atoms with Gasteiger partial charge in [0, 0.05) is 19.6 Å². The van der Waals surface area contributed by atoms with E-state index in [0.717, 1.165) is 32.7 Å². The Bertz CT molecular complexity index is 162. The molecule has 0 saturated heterocycles. The van der Waals surface area contributed by atoms with Crippen LogP contribution in [-0.2, 0) is 4.74 Å². The average Bonchev–Trinajstić information content (AvgIpc) is 2.18. The number of hydrogen-bond donors (Lipinski definition) is 2. The molecule has 84 valence electrons. The predicted molar refractivity (Wildman–Crippen MR) is 56.6 cm³/mol. The second-order valence-electron chi connectivity index (χ2n) is 3.20. The fourth-order valence-corrected chi connectivity index (χ4v) is 1.06. The van der Waals surface area contributed by atoms with Gasteiger partial charge in [-0.05, 0) is 26.9 Å². The number of oxime groups is 1. The first-order valence-corrected chi connectivity index (χ1v) is 4.93. The highest BCUT2D eigenvalue weighted by Crippen LogP contribution is 1.93. The van der Waals surface area contributed by atoms with Crippen LogP contribution in [0.25, 0.3) is 0 Å². The Labute approximate surface area is 85.5 Å². The Morgan fingerprint density at radius 2 is 2.21 bits per heavy atom. The van der Waals surface area contributed by atoms with E-state index in [2.05, 4.69) is 10.1 Å². The van der Waals surface area contributed by atoms with Crippen LogP contribution in [0.5, 0.6) is 0 Å². The van der Waals surface area contributed by atoms with E-state index in [1.165, 1.54) is 0 Å². The monoisotopic (exact) mass is 203 g/mol. The van der Waals surface area contributed by atoms with Gasteiger partial charge in [-0.1, -0.05) is 5.16 Å². The first-order chi connectivity index (χ1) is 6.70. The summed E-state index contributed by atoms with van der Waals surface area (Å²) in [4.78, 5) is 2.17. The maximum atomic E-state index is 8.30. The summed E-state index contributed by atoms with van der Waals surface area (Å²) in [7, 11) is 2.03. The summed E-state index contributed by atoms with van der Waals surface area (Å²) in [5, 5.41) is 11.2. The molecule has 0 aromatic rings. The van der Waals surface area contributed by atoms with Gasteiger partial charge in [0.2, 0.25) is 0 Å². The second-order valence-corrected chi connectivity index (χ2v) is 3.20. The van der Waals surface area contributed by atoms with Crippen molar-refractivity contribution in [2.24, 2.45) is 10.9 Å². The lowest BCUT2D eigenvalue weighted by atomic mass is 10.3. The van der Waals surface area contributed by atoms with Crippen LogP contribution in [-0.4, -0.2) is 49.3 Å². The number of amidine groups is 1. The van der Waals surface area contributed by atoms with Gasteiger partial charge in [0.05, 0.1) is 6.61 Å². The van der Waals surface area contributed by atoms with Gasteiger partial charge in [-0.2, -0.15) is 0 Å². The molecule has 0 unspecified atom stereocenters. The Kier molecular flexibility index (Phi) is 8.27. The number of ether oxygens (including phenoxy) is 1. The summed E-state index contributed by atoms with van der Waals surface area (Å²) in [5.74, 6) is 0.295. The molecular weight excluding hydrogens is 182 g/mol. The maximum Gasteiger partial charge on any atom is 0.139 e. The Morgan fingerprint density at radius 3 is 2.79 bits per heavy atom. The van der Waals surface area contributed by atoms with Crippen LogP contribution in [0.1, 0.15) is 19.8 Å². The van der Waals surface area contributed by atoms with Gasteiger partial charge in [0.15, 0.2) is 0 Å². The van der Waals surface area contributed by atoms with E-state index >= 15 is 0 Å².